The van der Waals surface area contributed by atoms with Gasteiger partial charge in [-0.3, -0.25) is 4.98 Å². The normalized spacial score (nSPS) is 12.1. The third-order valence-corrected chi connectivity index (χ3v) is 5.06. The number of nitrogens with one attached hydrogen (secondary N) is 1. The zero-order valence-electron chi connectivity index (χ0n) is 15.3. The number of para-hydroxylation sites is 1. The highest BCUT2D eigenvalue weighted by atomic mass is 35.5. The van der Waals surface area contributed by atoms with Crippen molar-refractivity contribution in [1.29, 1.82) is 0 Å². The van der Waals surface area contributed by atoms with Crippen molar-refractivity contribution in [2.75, 3.05) is 11.1 Å². The molecule has 0 fully saturated rings. The van der Waals surface area contributed by atoms with E-state index >= 15 is 0 Å². The molecular formula is C23H19ClFN3. The summed E-state index contributed by atoms with van der Waals surface area (Å²) in [6.45, 7) is 1.91. The number of hydrogen-bond donors (Lipinski definition) is 2. The summed E-state index contributed by atoms with van der Waals surface area (Å²) in [6, 6.07) is 20.1. The zero-order valence-corrected chi connectivity index (χ0v) is 16.0. The molecule has 0 saturated heterocycles. The van der Waals surface area contributed by atoms with E-state index < -0.39 is 0 Å². The Kier molecular flexibility index (Phi) is 4.88. The van der Waals surface area contributed by atoms with E-state index in [4.69, 9.17) is 17.3 Å². The van der Waals surface area contributed by atoms with Crippen LogP contribution in [0.15, 0.2) is 72.9 Å². The molecule has 0 aliphatic heterocycles. The van der Waals surface area contributed by atoms with Gasteiger partial charge in [0.25, 0.3) is 0 Å². The molecule has 1 atom stereocenters. The third-order valence-electron chi connectivity index (χ3n) is 4.77. The number of pyridine rings is 1. The predicted octanol–water partition coefficient (Wildman–Crippen LogP) is 6.45. The molecule has 3 aromatic carbocycles. The number of rotatable bonds is 4. The molecule has 4 rings (SSSR count). The van der Waals surface area contributed by atoms with Gasteiger partial charge in [-0.05, 0) is 48.4 Å². The monoisotopic (exact) mass is 391 g/mol. The second-order valence-corrected chi connectivity index (χ2v) is 7.13. The number of halogens is 2. The van der Waals surface area contributed by atoms with Crippen molar-refractivity contribution in [3.05, 3.63) is 89.3 Å². The largest absolute Gasteiger partial charge is 0.399 e. The average Bonchev–Trinajstić information content (AvgIpc) is 2.70. The molecule has 0 aliphatic carbocycles. The molecule has 0 spiro atoms. The molecule has 0 aliphatic rings. The molecule has 3 nitrogen and oxygen atoms in total. The number of hydrogen-bond acceptors (Lipinski definition) is 3. The van der Waals surface area contributed by atoms with Crippen LogP contribution in [0.1, 0.15) is 18.5 Å². The molecule has 0 bridgehead atoms. The summed E-state index contributed by atoms with van der Waals surface area (Å²) < 4.78 is 14.6. The van der Waals surface area contributed by atoms with Crippen LogP contribution in [0.3, 0.4) is 0 Å². The van der Waals surface area contributed by atoms with Crippen molar-refractivity contribution >= 4 is 33.9 Å². The van der Waals surface area contributed by atoms with Crippen LogP contribution in [0.5, 0.6) is 0 Å². The van der Waals surface area contributed by atoms with Gasteiger partial charge in [0.2, 0.25) is 0 Å². The van der Waals surface area contributed by atoms with Gasteiger partial charge in [0.1, 0.15) is 5.82 Å². The highest BCUT2D eigenvalue weighted by Crippen LogP contribution is 2.34. The van der Waals surface area contributed by atoms with Crippen molar-refractivity contribution < 1.29 is 4.39 Å². The number of benzene rings is 3. The van der Waals surface area contributed by atoms with E-state index in [1.165, 1.54) is 6.07 Å². The molecular weight excluding hydrogens is 373 g/mol. The molecule has 1 aromatic heterocycles. The fourth-order valence-electron chi connectivity index (χ4n) is 3.33. The van der Waals surface area contributed by atoms with E-state index in [-0.39, 0.29) is 11.9 Å². The van der Waals surface area contributed by atoms with E-state index in [0.717, 1.165) is 27.7 Å². The number of nitrogen functional groups attached to an aromatic ring is 1. The highest BCUT2D eigenvalue weighted by molar-refractivity contribution is 6.34. The van der Waals surface area contributed by atoms with E-state index in [1.807, 2.05) is 61.5 Å². The number of nitrogens with zero attached hydrogens (tertiary/aromatic N) is 1. The van der Waals surface area contributed by atoms with Gasteiger partial charge in [-0.1, -0.05) is 48.0 Å². The van der Waals surface area contributed by atoms with Crippen molar-refractivity contribution in [3.8, 4) is 11.1 Å². The summed E-state index contributed by atoms with van der Waals surface area (Å²) in [7, 11) is 0. The second kappa shape index (κ2) is 7.49. The molecule has 3 N–H and O–H groups in total. The highest BCUT2D eigenvalue weighted by Gasteiger charge is 2.16. The zero-order chi connectivity index (χ0) is 19.7. The van der Waals surface area contributed by atoms with Gasteiger partial charge in [-0.25, -0.2) is 4.39 Å². The van der Waals surface area contributed by atoms with E-state index in [0.29, 0.717) is 16.3 Å². The molecule has 1 heterocycles. The van der Waals surface area contributed by atoms with Crippen LogP contribution < -0.4 is 11.1 Å². The Hall–Kier alpha value is -3.11. The first-order valence-corrected chi connectivity index (χ1v) is 9.36. The summed E-state index contributed by atoms with van der Waals surface area (Å²) in [4.78, 5) is 4.34. The van der Waals surface area contributed by atoms with Gasteiger partial charge < -0.3 is 11.1 Å². The van der Waals surface area contributed by atoms with Crippen molar-refractivity contribution in [2.24, 2.45) is 0 Å². The van der Waals surface area contributed by atoms with Gasteiger partial charge in [0, 0.05) is 22.8 Å². The maximum Gasteiger partial charge on any atom is 0.128 e. The lowest BCUT2D eigenvalue weighted by atomic mass is 9.99. The molecule has 4 aromatic rings. The van der Waals surface area contributed by atoms with Crippen LogP contribution in [-0.2, 0) is 0 Å². The number of fused-ring (bicyclic) bond motifs is 1. The minimum Gasteiger partial charge on any atom is -0.399 e. The molecule has 0 unspecified atom stereocenters. The molecule has 140 valence electrons. The van der Waals surface area contributed by atoms with Crippen LogP contribution in [0, 0.1) is 5.82 Å². The average molecular weight is 392 g/mol. The van der Waals surface area contributed by atoms with Crippen molar-refractivity contribution in [3.63, 3.8) is 0 Å². The number of nitrogens with two attached hydrogens (primary N) is 1. The predicted molar refractivity (Wildman–Crippen MR) is 115 cm³/mol. The minimum atomic E-state index is -0.302. The maximum atomic E-state index is 14.6. The number of aromatic nitrogens is 1. The topological polar surface area (TPSA) is 50.9 Å². The van der Waals surface area contributed by atoms with Gasteiger partial charge in [-0.2, -0.15) is 0 Å². The van der Waals surface area contributed by atoms with Crippen LogP contribution >= 0.6 is 11.6 Å². The Bertz CT molecular complexity index is 1160. The quantitative estimate of drug-likeness (QED) is 0.393. The van der Waals surface area contributed by atoms with E-state index in [2.05, 4.69) is 10.3 Å². The van der Waals surface area contributed by atoms with Crippen LogP contribution in [0.25, 0.3) is 22.0 Å². The van der Waals surface area contributed by atoms with Crippen LogP contribution in [0.4, 0.5) is 15.8 Å². The van der Waals surface area contributed by atoms with E-state index in [1.54, 1.807) is 12.3 Å². The lowest BCUT2D eigenvalue weighted by Crippen LogP contribution is -2.10. The lowest BCUT2D eigenvalue weighted by molar-refractivity contribution is 0.600. The summed E-state index contributed by atoms with van der Waals surface area (Å²) in [5.74, 6) is -0.276. The summed E-state index contributed by atoms with van der Waals surface area (Å²) in [5.41, 5.74) is 10.5. The maximum absolute atomic E-state index is 14.6. The first kappa shape index (κ1) is 18.3. The summed E-state index contributed by atoms with van der Waals surface area (Å²) in [6.07, 6.45) is 1.61. The molecule has 5 heteroatoms. The van der Waals surface area contributed by atoms with Gasteiger partial charge >= 0.3 is 0 Å². The Morgan fingerprint density at radius 2 is 1.79 bits per heavy atom. The van der Waals surface area contributed by atoms with Crippen LogP contribution in [0.2, 0.25) is 5.02 Å². The first-order valence-electron chi connectivity index (χ1n) is 8.98. The molecule has 0 amide bonds. The fourth-order valence-corrected chi connectivity index (χ4v) is 3.54. The molecule has 0 radical (unpaired) electrons. The fraction of sp³-hybridized carbons (Fsp3) is 0.0870. The summed E-state index contributed by atoms with van der Waals surface area (Å²) >= 11 is 6.39. The number of anilines is 2. The van der Waals surface area contributed by atoms with Gasteiger partial charge in [0.05, 0.1) is 22.3 Å². The summed E-state index contributed by atoms with van der Waals surface area (Å²) in [5, 5.41) is 4.76. The van der Waals surface area contributed by atoms with Gasteiger partial charge in [0.15, 0.2) is 0 Å². The Morgan fingerprint density at radius 3 is 2.61 bits per heavy atom. The van der Waals surface area contributed by atoms with Crippen molar-refractivity contribution in [2.45, 2.75) is 13.0 Å². The Morgan fingerprint density at radius 1 is 1.00 bits per heavy atom. The molecule has 28 heavy (non-hydrogen) atoms. The first-order chi connectivity index (χ1) is 13.5. The van der Waals surface area contributed by atoms with Gasteiger partial charge in [-0.15, -0.1) is 0 Å². The SMILES string of the molecule is C[C@@H](Nc1c(Cl)cnc2ccccc12)c1cc(-c2cccc(N)c2)ccc1F. The van der Waals surface area contributed by atoms with Crippen molar-refractivity contribution in [1.82, 2.24) is 4.98 Å². The van der Waals surface area contributed by atoms with Crippen LogP contribution in [-0.4, -0.2) is 4.98 Å². The lowest BCUT2D eigenvalue weighted by Gasteiger charge is -2.20. The van der Waals surface area contributed by atoms with E-state index in [9.17, 15) is 4.39 Å². The standard InChI is InChI=1S/C23H19ClFN3/c1-14(28-23-18-7-2-3-8-22(18)27-13-20(23)24)19-12-16(9-10-21(19)25)15-5-4-6-17(26)11-15/h2-14H,26H2,1H3,(H,27,28)/t14-/m1/s1. The third kappa shape index (κ3) is 3.51. The minimum absolute atomic E-state index is 0.276. The second-order valence-electron chi connectivity index (χ2n) is 6.73. The Balaban J connectivity index is 1.72. The molecule has 0 saturated carbocycles. The smallest absolute Gasteiger partial charge is 0.128 e. The Labute approximate surface area is 168 Å².